The Kier molecular flexibility index (Phi) is 2.57. The molecule has 0 N–H and O–H groups in total. The van der Waals surface area contributed by atoms with E-state index in [2.05, 4.69) is 15.0 Å². The van der Waals surface area contributed by atoms with Crippen molar-refractivity contribution in [2.24, 2.45) is 0 Å². The quantitative estimate of drug-likeness (QED) is 0.685. The number of halogens is 1. The summed E-state index contributed by atoms with van der Waals surface area (Å²) in [5, 5.41) is 8.91. The van der Waals surface area contributed by atoms with Gasteiger partial charge in [0.15, 0.2) is 0 Å². The third kappa shape index (κ3) is 2.09. The van der Waals surface area contributed by atoms with Gasteiger partial charge in [-0.2, -0.15) is 5.26 Å². The summed E-state index contributed by atoms with van der Waals surface area (Å²) in [6.45, 7) is 0. The van der Waals surface area contributed by atoms with E-state index in [0.717, 1.165) is 11.1 Å². The fourth-order valence-electron chi connectivity index (χ4n) is 1.12. The zero-order valence-electron chi connectivity index (χ0n) is 7.55. The van der Waals surface area contributed by atoms with Crippen LogP contribution >= 0.6 is 11.6 Å². The van der Waals surface area contributed by atoms with Crippen LogP contribution in [0, 0.1) is 11.3 Å². The van der Waals surface area contributed by atoms with Gasteiger partial charge in [-0.05, 0) is 17.7 Å². The Morgan fingerprint density at radius 3 is 2.47 bits per heavy atom. The highest BCUT2D eigenvalue weighted by Gasteiger charge is 2.00. The van der Waals surface area contributed by atoms with Gasteiger partial charge in [-0.3, -0.25) is 4.98 Å². The van der Waals surface area contributed by atoms with Crippen LogP contribution in [0.4, 0.5) is 0 Å². The number of aromatic nitrogens is 3. The molecular weight excluding hydrogens is 212 g/mol. The summed E-state index contributed by atoms with van der Waals surface area (Å²) in [5.74, 6) is 0. The van der Waals surface area contributed by atoms with Crippen molar-refractivity contribution < 1.29 is 0 Å². The zero-order chi connectivity index (χ0) is 10.7. The van der Waals surface area contributed by atoms with Crippen molar-refractivity contribution in [1.82, 2.24) is 15.0 Å². The number of nitrogens with zero attached hydrogens (tertiary/aromatic N) is 4. The Balaban J connectivity index is 2.46. The molecule has 15 heavy (non-hydrogen) atoms. The van der Waals surface area contributed by atoms with Crippen molar-refractivity contribution in [3.05, 3.63) is 41.7 Å². The minimum absolute atomic E-state index is 0.197. The first-order valence-corrected chi connectivity index (χ1v) is 4.50. The highest BCUT2D eigenvalue weighted by Crippen LogP contribution is 2.17. The van der Waals surface area contributed by atoms with E-state index in [4.69, 9.17) is 16.9 Å². The van der Waals surface area contributed by atoms with Gasteiger partial charge in [-0.1, -0.05) is 0 Å². The van der Waals surface area contributed by atoms with E-state index >= 15 is 0 Å². The van der Waals surface area contributed by atoms with Gasteiger partial charge in [0.25, 0.3) is 0 Å². The zero-order valence-corrected chi connectivity index (χ0v) is 8.31. The summed E-state index contributed by atoms with van der Waals surface area (Å²) in [6.07, 6.45) is 6.33. The maximum absolute atomic E-state index is 8.71. The average molecular weight is 217 g/mol. The number of pyridine rings is 1. The Morgan fingerprint density at radius 2 is 1.80 bits per heavy atom. The Hall–Kier alpha value is -1.99. The Morgan fingerprint density at radius 1 is 1.07 bits per heavy atom. The summed E-state index contributed by atoms with van der Waals surface area (Å²) >= 11 is 5.57. The minimum atomic E-state index is 0.197. The van der Waals surface area contributed by atoms with Crippen LogP contribution in [0.2, 0.25) is 5.28 Å². The molecule has 4 nitrogen and oxygen atoms in total. The lowest BCUT2D eigenvalue weighted by molar-refractivity contribution is 1.17. The molecule has 0 saturated heterocycles. The van der Waals surface area contributed by atoms with E-state index in [9.17, 15) is 0 Å². The van der Waals surface area contributed by atoms with E-state index < -0.39 is 0 Å². The number of hydrogen-bond acceptors (Lipinski definition) is 4. The predicted molar refractivity (Wildman–Crippen MR) is 55.0 cm³/mol. The lowest BCUT2D eigenvalue weighted by Crippen LogP contribution is -1.86. The van der Waals surface area contributed by atoms with Gasteiger partial charge in [-0.15, -0.1) is 0 Å². The summed E-state index contributed by atoms with van der Waals surface area (Å²) in [6, 6.07) is 3.74. The highest BCUT2D eigenvalue weighted by atomic mass is 35.5. The van der Waals surface area contributed by atoms with E-state index in [1.807, 2.05) is 6.07 Å². The molecule has 2 rings (SSSR count). The van der Waals surface area contributed by atoms with Gasteiger partial charge in [0, 0.05) is 35.9 Å². The predicted octanol–water partition coefficient (Wildman–Crippen LogP) is 2.06. The van der Waals surface area contributed by atoms with Gasteiger partial charge in [-0.25, -0.2) is 9.97 Å². The summed E-state index contributed by atoms with van der Waals surface area (Å²) in [7, 11) is 0. The topological polar surface area (TPSA) is 62.5 Å². The number of rotatable bonds is 1. The molecule has 0 spiro atoms. The van der Waals surface area contributed by atoms with Gasteiger partial charge in [0.1, 0.15) is 6.07 Å². The maximum Gasteiger partial charge on any atom is 0.222 e. The second kappa shape index (κ2) is 4.03. The fraction of sp³-hybridized carbons (Fsp3) is 0. The summed E-state index contributed by atoms with van der Waals surface area (Å²) in [4.78, 5) is 11.7. The minimum Gasteiger partial charge on any atom is -0.263 e. The molecule has 0 amide bonds. The van der Waals surface area contributed by atoms with Crippen LogP contribution in [-0.4, -0.2) is 15.0 Å². The lowest BCUT2D eigenvalue weighted by Gasteiger charge is -1.99. The molecule has 0 fully saturated rings. The normalized spacial score (nSPS) is 9.60. The molecular formula is C10H5ClN4. The second-order valence-corrected chi connectivity index (χ2v) is 3.15. The molecule has 0 radical (unpaired) electrons. The van der Waals surface area contributed by atoms with Gasteiger partial charge < -0.3 is 0 Å². The molecule has 0 saturated carbocycles. The molecule has 0 aliphatic rings. The summed E-state index contributed by atoms with van der Waals surface area (Å²) in [5.41, 5.74) is 2.08. The smallest absolute Gasteiger partial charge is 0.222 e. The SMILES string of the molecule is N#Cc1cncc(-c2cnc(Cl)nc2)c1. The first kappa shape index (κ1) is 9.56. The molecule has 0 aliphatic heterocycles. The molecule has 72 valence electrons. The van der Waals surface area contributed by atoms with Crippen molar-refractivity contribution in [2.75, 3.05) is 0 Å². The van der Waals surface area contributed by atoms with Crippen molar-refractivity contribution in [2.45, 2.75) is 0 Å². The molecule has 0 unspecified atom stereocenters. The van der Waals surface area contributed by atoms with Crippen LogP contribution < -0.4 is 0 Å². The van der Waals surface area contributed by atoms with Crippen LogP contribution in [-0.2, 0) is 0 Å². The van der Waals surface area contributed by atoms with E-state index in [-0.39, 0.29) is 5.28 Å². The van der Waals surface area contributed by atoms with Crippen molar-refractivity contribution in [1.29, 1.82) is 5.26 Å². The molecule has 2 aromatic heterocycles. The van der Waals surface area contributed by atoms with E-state index in [1.165, 1.54) is 6.20 Å². The summed E-state index contributed by atoms with van der Waals surface area (Å²) < 4.78 is 0. The second-order valence-electron chi connectivity index (χ2n) is 2.81. The Bertz CT molecular complexity index is 516. The van der Waals surface area contributed by atoms with Gasteiger partial charge in [0.2, 0.25) is 5.28 Å². The molecule has 5 heteroatoms. The first-order chi connectivity index (χ1) is 7.29. The number of hydrogen-bond donors (Lipinski definition) is 0. The third-order valence-corrected chi connectivity index (χ3v) is 2.02. The van der Waals surface area contributed by atoms with Crippen LogP contribution in [0.25, 0.3) is 11.1 Å². The monoisotopic (exact) mass is 216 g/mol. The van der Waals surface area contributed by atoms with Crippen LogP contribution in [0.1, 0.15) is 5.56 Å². The van der Waals surface area contributed by atoms with Crippen molar-refractivity contribution in [3.63, 3.8) is 0 Å². The molecule has 0 bridgehead atoms. The molecule has 2 heterocycles. The maximum atomic E-state index is 8.71. The van der Waals surface area contributed by atoms with Crippen molar-refractivity contribution >= 4 is 11.6 Å². The van der Waals surface area contributed by atoms with E-state index in [0.29, 0.717) is 5.56 Å². The van der Waals surface area contributed by atoms with Crippen LogP contribution in [0.5, 0.6) is 0 Å². The largest absolute Gasteiger partial charge is 0.263 e. The first-order valence-electron chi connectivity index (χ1n) is 4.12. The number of nitriles is 1. The molecule has 0 aromatic carbocycles. The third-order valence-electron chi connectivity index (χ3n) is 1.82. The lowest BCUT2D eigenvalue weighted by atomic mass is 10.1. The Labute approximate surface area is 91.2 Å². The van der Waals surface area contributed by atoms with Crippen LogP contribution in [0.3, 0.4) is 0 Å². The highest BCUT2D eigenvalue weighted by molar-refractivity contribution is 6.28. The van der Waals surface area contributed by atoms with Gasteiger partial charge >= 0.3 is 0 Å². The van der Waals surface area contributed by atoms with Crippen LogP contribution in [0.15, 0.2) is 30.9 Å². The molecule has 0 atom stereocenters. The standard InChI is InChI=1S/C10H5ClN4/c11-10-14-5-9(6-15-10)8-1-7(2-12)3-13-4-8/h1,3-6H. The van der Waals surface area contributed by atoms with E-state index in [1.54, 1.807) is 24.7 Å². The van der Waals surface area contributed by atoms with Gasteiger partial charge in [0.05, 0.1) is 5.56 Å². The molecule has 0 aliphatic carbocycles. The average Bonchev–Trinajstić information content (AvgIpc) is 2.30. The fourth-order valence-corrected chi connectivity index (χ4v) is 1.22. The molecule has 2 aromatic rings. The van der Waals surface area contributed by atoms with Crippen molar-refractivity contribution in [3.8, 4) is 17.2 Å².